The third kappa shape index (κ3) is 0.518. The molecule has 0 aliphatic carbocycles. The van der Waals surface area contributed by atoms with Crippen LogP contribution < -0.4 is 5.69 Å². The van der Waals surface area contributed by atoms with E-state index in [4.69, 9.17) is 0 Å². The highest BCUT2D eigenvalue weighted by molar-refractivity contribution is 4.47. The van der Waals surface area contributed by atoms with Crippen molar-refractivity contribution in [2.24, 2.45) is 14.1 Å². The van der Waals surface area contributed by atoms with Crippen LogP contribution in [0.2, 0.25) is 0 Å². The number of hydrogen-bond donors (Lipinski definition) is 0. The third-order valence-electron chi connectivity index (χ3n) is 0.971. The molecule has 1 rings (SSSR count). The summed E-state index contributed by atoms with van der Waals surface area (Å²) in [5, 5.41) is 6.67. The van der Waals surface area contributed by atoms with E-state index < -0.39 is 0 Å². The maximum absolute atomic E-state index is 10.4. The summed E-state index contributed by atoms with van der Waals surface area (Å²) in [5.74, 6) is 0. The van der Waals surface area contributed by atoms with Crippen LogP contribution in [0.4, 0.5) is 0 Å². The average molecular weight is 114 g/mol. The topological polar surface area (TPSA) is 52.7 Å². The van der Waals surface area contributed by atoms with E-state index in [1.165, 1.54) is 9.48 Å². The van der Waals surface area contributed by atoms with Gasteiger partial charge >= 0.3 is 5.69 Å². The highest BCUT2D eigenvalue weighted by Crippen LogP contribution is 1.59. The molecular weight excluding hydrogens is 108 g/mol. The Morgan fingerprint density at radius 2 is 2.12 bits per heavy atom. The van der Waals surface area contributed by atoms with Gasteiger partial charge in [0.1, 0.15) is 0 Å². The van der Waals surface area contributed by atoms with E-state index in [9.17, 15) is 4.79 Å². The molecule has 1 aromatic rings. The van der Waals surface area contributed by atoms with Crippen molar-refractivity contribution >= 4 is 0 Å². The Morgan fingerprint density at radius 1 is 1.50 bits per heavy atom. The molecule has 0 atom stereocenters. The van der Waals surface area contributed by atoms with Gasteiger partial charge in [-0.2, -0.15) is 4.80 Å². The minimum Gasteiger partial charge on any atom is -0.242 e. The van der Waals surface area contributed by atoms with Crippen molar-refractivity contribution in [3.8, 4) is 0 Å². The summed E-state index contributed by atoms with van der Waals surface area (Å²) < 4.78 is 1.31. The zero-order valence-electron chi connectivity index (χ0n) is 4.70. The monoisotopic (exact) mass is 114 g/mol. The van der Waals surface area contributed by atoms with Crippen molar-refractivity contribution in [2.75, 3.05) is 0 Å². The Bertz CT molecular complexity index is 234. The summed E-state index contributed by atoms with van der Waals surface area (Å²) in [4.78, 5) is 11.8. The van der Waals surface area contributed by atoms with Gasteiger partial charge in [-0.15, -0.1) is 0 Å². The highest BCUT2D eigenvalue weighted by Gasteiger charge is 1.92. The van der Waals surface area contributed by atoms with E-state index in [0.717, 1.165) is 0 Å². The molecule has 0 radical (unpaired) electrons. The van der Waals surface area contributed by atoms with Gasteiger partial charge in [0.15, 0.2) is 0 Å². The fraction of sp³-hybridized carbons (Fsp3) is 0.667. The molecule has 0 unspecified atom stereocenters. The second kappa shape index (κ2) is 1.43. The van der Waals surface area contributed by atoms with Crippen LogP contribution in [0.25, 0.3) is 0 Å². The quantitative estimate of drug-likeness (QED) is 0.413. The van der Waals surface area contributed by atoms with Crippen LogP contribution in [0.1, 0.15) is 0 Å². The Hall–Kier alpha value is -1.13. The minimum absolute atomic E-state index is 0.326. The summed E-state index contributed by atoms with van der Waals surface area (Å²) >= 11 is 0. The summed E-state index contributed by atoms with van der Waals surface area (Å²) in [6, 6.07) is 0. The predicted molar refractivity (Wildman–Crippen MR) is 26.2 cm³/mol. The van der Waals surface area contributed by atoms with Gasteiger partial charge in [0.05, 0.1) is 0 Å². The fourth-order valence-corrected chi connectivity index (χ4v) is 0.352. The summed E-state index contributed by atoms with van der Waals surface area (Å²) in [6.45, 7) is 0. The van der Waals surface area contributed by atoms with Crippen molar-refractivity contribution in [3.05, 3.63) is 10.5 Å². The van der Waals surface area contributed by atoms with Crippen molar-refractivity contribution in [1.29, 1.82) is 0 Å². The smallest absolute Gasteiger partial charge is 0.242 e. The first-order valence-electron chi connectivity index (χ1n) is 2.15. The normalized spacial score (nSPS) is 9.75. The molecule has 1 heterocycles. The zero-order chi connectivity index (χ0) is 6.15. The maximum atomic E-state index is 10.4. The van der Waals surface area contributed by atoms with E-state index in [-0.39, 0.29) is 5.69 Å². The SMILES string of the molecule is Cn1nnc(=O)n1C. The van der Waals surface area contributed by atoms with Gasteiger partial charge in [-0.05, 0) is 5.21 Å². The molecule has 0 saturated heterocycles. The Labute approximate surface area is 45.5 Å². The molecule has 0 fully saturated rings. The second-order valence-electron chi connectivity index (χ2n) is 1.49. The third-order valence-corrected chi connectivity index (χ3v) is 0.971. The van der Waals surface area contributed by atoms with Crippen LogP contribution in [-0.2, 0) is 14.1 Å². The van der Waals surface area contributed by atoms with Crippen LogP contribution in [0.15, 0.2) is 4.79 Å². The Morgan fingerprint density at radius 3 is 2.25 bits per heavy atom. The number of aromatic nitrogens is 4. The molecule has 5 nitrogen and oxygen atoms in total. The van der Waals surface area contributed by atoms with Crippen molar-refractivity contribution in [2.45, 2.75) is 0 Å². The van der Waals surface area contributed by atoms with Crippen LogP contribution >= 0.6 is 0 Å². The highest BCUT2D eigenvalue weighted by atomic mass is 16.2. The van der Waals surface area contributed by atoms with E-state index >= 15 is 0 Å². The second-order valence-corrected chi connectivity index (χ2v) is 1.49. The Kier molecular flexibility index (Phi) is 0.896. The molecule has 0 spiro atoms. The molecule has 0 saturated carbocycles. The van der Waals surface area contributed by atoms with Gasteiger partial charge < -0.3 is 0 Å². The summed E-state index contributed by atoms with van der Waals surface area (Å²) in [6.07, 6.45) is 0. The zero-order valence-corrected chi connectivity index (χ0v) is 4.70. The standard InChI is InChI=1S/C3H6N4O/c1-6-3(8)4-5-7(6)2/h1-2H3. The largest absolute Gasteiger partial charge is 0.383 e. The van der Waals surface area contributed by atoms with Gasteiger partial charge in [-0.3, -0.25) is 0 Å². The first-order valence-corrected chi connectivity index (χ1v) is 2.15. The molecular formula is C3H6N4O. The number of tetrazole rings is 1. The first kappa shape index (κ1) is 5.02. The van der Waals surface area contributed by atoms with Gasteiger partial charge in [0.25, 0.3) is 0 Å². The van der Waals surface area contributed by atoms with Gasteiger partial charge in [0, 0.05) is 14.1 Å². The van der Waals surface area contributed by atoms with Gasteiger partial charge in [-0.1, -0.05) is 5.10 Å². The van der Waals surface area contributed by atoms with Crippen LogP contribution in [0, 0.1) is 0 Å². The Balaban J connectivity index is 3.41. The van der Waals surface area contributed by atoms with Gasteiger partial charge in [0.2, 0.25) is 0 Å². The van der Waals surface area contributed by atoms with Crippen LogP contribution in [0.5, 0.6) is 0 Å². The lowest BCUT2D eigenvalue weighted by Gasteiger charge is -1.89. The lowest BCUT2D eigenvalue weighted by atomic mass is 11.2. The van der Waals surface area contributed by atoms with Crippen LogP contribution in [-0.4, -0.2) is 19.8 Å². The van der Waals surface area contributed by atoms with Gasteiger partial charge in [-0.25, -0.2) is 9.48 Å². The van der Waals surface area contributed by atoms with E-state index in [1.807, 2.05) is 0 Å². The number of hydrogen-bond acceptors (Lipinski definition) is 3. The average Bonchev–Trinajstić information content (AvgIpc) is 1.98. The van der Waals surface area contributed by atoms with E-state index in [0.29, 0.717) is 0 Å². The maximum Gasteiger partial charge on any atom is 0.383 e. The predicted octanol–water partition coefficient (Wildman–Crippen LogP) is -1.49. The van der Waals surface area contributed by atoms with Crippen molar-refractivity contribution in [1.82, 2.24) is 19.8 Å². The summed E-state index contributed by atoms with van der Waals surface area (Å²) in [7, 11) is 3.25. The molecule has 1 aromatic heterocycles. The minimum atomic E-state index is -0.326. The number of nitrogens with zero attached hydrogens (tertiary/aromatic N) is 4. The van der Waals surface area contributed by atoms with E-state index in [2.05, 4.69) is 10.3 Å². The fourth-order valence-electron chi connectivity index (χ4n) is 0.352. The molecule has 8 heavy (non-hydrogen) atoms. The molecule has 0 aromatic carbocycles. The molecule has 0 N–H and O–H groups in total. The molecule has 44 valence electrons. The molecule has 0 aliphatic rings. The number of rotatable bonds is 0. The first-order chi connectivity index (χ1) is 3.72. The molecule has 0 bridgehead atoms. The lowest BCUT2D eigenvalue weighted by Crippen LogP contribution is -2.17. The molecule has 0 amide bonds. The molecule has 5 heteroatoms. The summed E-state index contributed by atoms with van der Waals surface area (Å²) in [5.41, 5.74) is -0.326. The lowest BCUT2D eigenvalue weighted by molar-refractivity contribution is 0.512. The van der Waals surface area contributed by atoms with E-state index in [1.54, 1.807) is 14.1 Å². The van der Waals surface area contributed by atoms with Crippen LogP contribution in [0.3, 0.4) is 0 Å². The number of aryl methyl sites for hydroxylation is 1. The van der Waals surface area contributed by atoms with Crippen molar-refractivity contribution < 1.29 is 0 Å². The van der Waals surface area contributed by atoms with Crippen molar-refractivity contribution in [3.63, 3.8) is 0 Å². The molecule has 0 aliphatic heterocycles.